The van der Waals surface area contributed by atoms with Crippen LogP contribution >= 0.6 is 11.6 Å². The van der Waals surface area contributed by atoms with Gasteiger partial charge < -0.3 is 15.4 Å². The van der Waals surface area contributed by atoms with Gasteiger partial charge in [-0.3, -0.25) is 14.5 Å². The molecule has 1 fully saturated rings. The van der Waals surface area contributed by atoms with Crippen LogP contribution in [0, 0.1) is 0 Å². The predicted octanol–water partition coefficient (Wildman–Crippen LogP) is 2.75. The molecule has 2 aromatic rings. The van der Waals surface area contributed by atoms with Crippen LogP contribution in [0.2, 0.25) is 5.02 Å². The van der Waals surface area contributed by atoms with Crippen LogP contribution in [0.15, 0.2) is 48.5 Å². The number of halogens is 1. The van der Waals surface area contributed by atoms with E-state index in [-0.39, 0.29) is 0 Å². The molecule has 1 saturated heterocycles. The molecule has 1 atom stereocenters. The summed E-state index contributed by atoms with van der Waals surface area (Å²) in [6.45, 7) is 1.21. The van der Waals surface area contributed by atoms with E-state index in [0.29, 0.717) is 22.0 Å². The van der Waals surface area contributed by atoms with Gasteiger partial charge in [-0.25, -0.2) is 4.79 Å². The third kappa shape index (κ3) is 3.59. The molecule has 0 saturated carbocycles. The van der Waals surface area contributed by atoms with Gasteiger partial charge in [0.1, 0.15) is 17.8 Å². The summed E-state index contributed by atoms with van der Waals surface area (Å²) >= 11 is 6.03. The summed E-state index contributed by atoms with van der Waals surface area (Å²) in [5, 5.41) is 5.61. The van der Waals surface area contributed by atoms with Gasteiger partial charge in [-0.15, -0.1) is 0 Å². The predicted molar refractivity (Wildman–Crippen MR) is 101 cm³/mol. The molecule has 8 heteroatoms. The van der Waals surface area contributed by atoms with Crippen LogP contribution in [-0.4, -0.2) is 36.4 Å². The normalized spacial score (nSPS) is 19.0. The van der Waals surface area contributed by atoms with Gasteiger partial charge in [-0.2, -0.15) is 0 Å². The fraction of sp³-hybridized carbons (Fsp3) is 0.211. The molecular formula is C19H18ClN3O4. The minimum Gasteiger partial charge on any atom is -0.495 e. The Morgan fingerprint density at radius 3 is 2.56 bits per heavy atom. The molecule has 1 heterocycles. The molecule has 0 bridgehead atoms. The highest BCUT2D eigenvalue weighted by molar-refractivity contribution is 6.32. The van der Waals surface area contributed by atoms with Crippen LogP contribution in [0.5, 0.6) is 5.75 Å². The third-order valence-electron chi connectivity index (χ3n) is 4.36. The van der Waals surface area contributed by atoms with Crippen LogP contribution in [0.1, 0.15) is 12.5 Å². The maximum Gasteiger partial charge on any atom is 0.325 e. The van der Waals surface area contributed by atoms with Gasteiger partial charge in [-0.1, -0.05) is 41.9 Å². The maximum atomic E-state index is 12.8. The van der Waals surface area contributed by atoms with Gasteiger partial charge in [0, 0.05) is 5.69 Å². The Morgan fingerprint density at radius 2 is 1.93 bits per heavy atom. The molecule has 2 N–H and O–H groups in total. The Bertz CT molecular complexity index is 903. The van der Waals surface area contributed by atoms with Crippen molar-refractivity contribution < 1.29 is 19.1 Å². The number of hydrogen-bond donors (Lipinski definition) is 2. The highest BCUT2D eigenvalue weighted by Gasteiger charge is 2.49. The Labute approximate surface area is 161 Å². The lowest BCUT2D eigenvalue weighted by molar-refractivity contribution is -0.133. The van der Waals surface area contributed by atoms with Gasteiger partial charge in [-0.05, 0) is 30.7 Å². The van der Waals surface area contributed by atoms with E-state index < -0.39 is 29.9 Å². The number of rotatable bonds is 5. The first-order valence-electron chi connectivity index (χ1n) is 8.18. The van der Waals surface area contributed by atoms with Gasteiger partial charge in [0.05, 0.1) is 12.1 Å². The van der Waals surface area contributed by atoms with E-state index in [1.54, 1.807) is 43.3 Å². The second-order valence-corrected chi connectivity index (χ2v) is 6.62. The molecule has 4 amide bonds. The number of carbonyl (C=O) groups excluding carboxylic acids is 3. The molecule has 1 aliphatic heterocycles. The lowest BCUT2D eigenvalue weighted by Crippen LogP contribution is -2.42. The van der Waals surface area contributed by atoms with Crippen molar-refractivity contribution in [3.63, 3.8) is 0 Å². The SMILES string of the molecule is COc1ccc(NC(=O)CN2C(=O)N[C@@](C)(c3ccccc3)C2=O)cc1Cl. The molecule has 7 nitrogen and oxygen atoms in total. The van der Waals surface area contributed by atoms with Gasteiger partial charge >= 0.3 is 6.03 Å². The molecule has 0 aliphatic carbocycles. The van der Waals surface area contributed by atoms with Crippen LogP contribution < -0.4 is 15.4 Å². The number of ether oxygens (including phenoxy) is 1. The van der Waals surface area contributed by atoms with Crippen molar-refractivity contribution in [1.82, 2.24) is 10.2 Å². The summed E-state index contributed by atoms with van der Waals surface area (Å²) in [4.78, 5) is 38.3. The number of methoxy groups -OCH3 is 1. The first-order chi connectivity index (χ1) is 12.8. The Morgan fingerprint density at radius 1 is 1.22 bits per heavy atom. The number of urea groups is 1. The zero-order valence-corrected chi connectivity index (χ0v) is 15.5. The van der Waals surface area contributed by atoms with E-state index >= 15 is 0 Å². The Kier molecular flexibility index (Phi) is 5.05. The van der Waals surface area contributed by atoms with E-state index in [2.05, 4.69) is 10.6 Å². The van der Waals surface area contributed by atoms with Crippen molar-refractivity contribution in [2.45, 2.75) is 12.5 Å². The van der Waals surface area contributed by atoms with E-state index in [1.165, 1.54) is 13.2 Å². The van der Waals surface area contributed by atoms with Gasteiger partial charge in [0.2, 0.25) is 5.91 Å². The summed E-state index contributed by atoms with van der Waals surface area (Å²) in [7, 11) is 1.49. The highest BCUT2D eigenvalue weighted by atomic mass is 35.5. The fourth-order valence-electron chi connectivity index (χ4n) is 2.90. The number of benzene rings is 2. The number of anilines is 1. The van der Waals surface area contributed by atoms with Gasteiger partial charge in [0.25, 0.3) is 5.91 Å². The quantitative estimate of drug-likeness (QED) is 0.772. The summed E-state index contributed by atoms with van der Waals surface area (Å²) in [6, 6.07) is 13.0. The van der Waals surface area contributed by atoms with Crippen molar-refractivity contribution in [2.24, 2.45) is 0 Å². The van der Waals surface area contributed by atoms with Crippen molar-refractivity contribution in [2.75, 3.05) is 19.0 Å². The Balaban J connectivity index is 1.72. The second-order valence-electron chi connectivity index (χ2n) is 6.21. The zero-order valence-electron chi connectivity index (χ0n) is 14.8. The van der Waals surface area contributed by atoms with E-state index in [9.17, 15) is 14.4 Å². The number of imide groups is 1. The highest BCUT2D eigenvalue weighted by Crippen LogP contribution is 2.29. The van der Waals surface area contributed by atoms with Gasteiger partial charge in [0.15, 0.2) is 0 Å². The average molecular weight is 388 g/mol. The van der Waals surface area contributed by atoms with Crippen molar-refractivity contribution >= 4 is 35.1 Å². The zero-order chi connectivity index (χ0) is 19.6. The van der Waals surface area contributed by atoms with Crippen LogP contribution in [-0.2, 0) is 15.1 Å². The first-order valence-corrected chi connectivity index (χ1v) is 8.56. The Hall–Kier alpha value is -3.06. The minimum absolute atomic E-state index is 0.335. The summed E-state index contributed by atoms with van der Waals surface area (Å²) in [5.74, 6) is -0.527. The molecule has 140 valence electrons. The standard InChI is InChI=1S/C19H18ClN3O4/c1-19(12-6-4-3-5-7-12)17(25)23(18(26)22-19)11-16(24)21-13-8-9-15(27-2)14(20)10-13/h3-10H,11H2,1-2H3,(H,21,24)(H,22,26)/t19-/m0/s1. The van der Waals surface area contributed by atoms with Crippen molar-refractivity contribution in [3.05, 3.63) is 59.1 Å². The molecular weight excluding hydrogens is 370 g/mol. The third-order valence-corrected chi connectivity index (χ3v) is 4.66. The molecule has 0 spiro atoms. The van der Waals surface area contributed by atoms with E-state index in [0.717, 1.165) is 4.90 Å². The molecule has 27 heavy (non-hydrogen) atoms. The van der Waals surface area contributed by atoms with Crippen LogP contribution in [0.4, 0.5) is 10.5 Å². The maximum absolute atomic E-state index is 12.8. The first kappa shape index (κ1) is 18.7. The molecule has 3 rings (SSSR count). The fourth-order valence-corrected chi connectivity index (χ4v) is 3.15. The summed E-state index contributed by atoms with van der Waals surface area (Å²) < 4.78 is 5.06. The van der Waals surface area contributed by atoms with E-state index in [1.807, 2.05) is 6.07 Å². The van der Waals surface area contributed by atoms with Crippen LogP contribution in [0.25, 0.3) is 0 Å². The van der Waals surface area contributed by atoms with E-state index in [4.69, 9.17) is 16.3 Å². The topological polar surface area (TPSA) is 87.7 Å². The lowest BCUT2D eigenvalue weighted by Gasteiger charge is -2.22. The summed E-state index contributed by atoms with van der Waals surface area (Å²) in [6.07, 6.45) is 0. The molecule has 2 aromatic carbocycles. The lowest BCUT2D eigenvalue weighted by atomic mass is 9.92. The molecule has 0 aromatic heterocycles. The number of carbonyl (C=O) groups is 3. The molecule has 0 radical (unpaired) electrons. The number of amides is 4. The minimum atomic E-state index is -1.21. The van der Waals surface area contributed by atoms with Crippen molar-refractivity contribution in [1.29, 1.82) is 0 Å². The monoisotopic (exact) mass is 387 g/mol. The number of hydrogen-bond acceptors (Lipinski definition) is 4. The molecule has 1 aliphatic rings. The average Bonchev–Trinajstić information content (AvgIpc) is 2.87. The van der Waals surface area contributed by atoms with Crippen molar-refractivity contribution in [3.8, 4) is 5.75 Å². The van der Waals surface area contributed by atoms with Crippen LogP contribution in [0.3, 0.4) is 0 Å². The largest absolute Gasteiger partial charge is 0.495 e. The number of nitrogens with one attached hydrogen (secondary N) is 2. The number of nitrogens with zero attached hydrogens (tertiary/aromatic N) is 1. The second kappa shape index (κ2) is 7.28. The smallest absolute Gasteiger partial charge is 0.325 e. The summed E-state index contributed by atoms with van der Waals surface area (Å²) in [5.41, 5.74) is -0.126. The molecule has 0 unspecified atom stereocenters.